The zero-order chi connectivity index (χ0) is 19.2. The lowest BCUT2D eigenvalue weighted by Gasteiger charge is -2.14. The number of benzene rings is 2. The molecule has 0 radical (unpaired) electrons. The lowest BCUT2D eigenvalue weighted by Crippen LogP contribution is -2.30. The van der Waals surface area contributed by atoms with Gasteiger partial charge in [-0.25, -0.2) is 9.97 Å². The van der Waals surface area contributed by atoms with Gasteiger partial charge in [-0.1, -0.05) is 18.2 Å². The summed E-state index contributed by atoms with van der Waals surface area (Å²) in [4.78, 5) is 20.5. The van der Waals surface area contributed by atoms with Gasteiger partial charge in [-0.05, 0) is 42.8 Å². The van der Waals surface area contributed by atoms with Crippen molar-refractivity contribution in [2.24, 2.45) is 0 Å². The van der Waals surface area contributed by atoms with Crippen LogP contribution in [0.1, 0.15) is 15.9 Å². The van der Waals surface area contributed by atoms with Crippen LogP contribution in [0.15, 0.2) is 54.9 Å². The molecule has 2 aromatic carbocycles. The minimum atomic E-state index is -0.330. The number of aryl methyl sites for hydroxylation is 1. The van der Waals surface area contributed by atoms with Crippen molar-refractivity contribution in [2.45, 2.75) is 6.92 Å². The van der Waals surface area contributed by atoms with E-state index in [0.717, 1.165) is 11.3 Å². The summed E-state index contributed by atoms with van der Waals surface area (Å²) in [5.41, 5.74) is 14.1. The molecule has 0 saturated heterocycles. The number of para-hydroxylation sites is 1. The summed E-state index contributed by atoms with van der Waals surface area (Å²) >= 11 is 0. The number of amides is 1. The molecule has 0 saturated carbocycles. The first-order valence-corrected chi connectivity index (χ1v) is 8.22. The summed E-state index contributed by atoms with van der Waals surface area (Å²) in [6.07, 6.45) is 1.36. The highest BCUT2D eigenvalue weighted by Crippen LogP contribution is 2.26. The van der Waals surface area contributed by atoms with Crippen molar-refractivity contribution >= 4 is 28.9 Å². The van der Waals surface area contributed by atoms with E-state index in [1.54, 1.807) is 31.4 Å². The van der Waals surface area contributed by atoms with Gasteiger partial charge < -0.3 is 15.8 Å². The molecular formula is C19H20N6O2. The average molecular weight is 364 g/mol. The van der Waals surface area contributed by atoms with Crippen molar-refractivity contribution in [1.29, 1.82) is 0 Å². The van der Waals surface area contributed by atoms with E-state index in [1.807, 2.05) is 31.2 Å². The van der Waals surface area contributed by atoms with E-state index < -0.39 is 0 Å². The van der Waals surface area contributed by atoms with Crippen LogP contribution in [0.3, 0.4) is 0 Å². The molecule has 0 bridgehead atoms. The number of ether oxygens (including phenoxy) is 1. The van der Waals surface area contributed by atoms with Crippen LogP contribution >= 0.6 is 0 Å². The molecule has 1 amide bonds. The van der Waals surface area contributed by atoms with E-state index in [-0.39, 0.29) is 11.6 Å². The third kappa shape index (κ3) is 4.24. The Labute approximate surface area is 156 Å². The van der Waals surface area contributed by atoms with Crippen LogP contribution in [0.2, 0.25) is 0 Å². The molecular weight excluding hydrogens is 344 g/mol. The van der Waals surface area contributed by atoms with Gasteiger partial charge in [-0.3, -0.25) is 15.6 Å². The van der Waals surface area contributed by atoms with Crippen molar-refractivity contribution in [3.8, 4) is 5.75 Å². The second-order valence-electron chi connectivity index (χ2n) is 5.73. The number of rotatable bonds is 6. The highest BCUT2D eigenvalue weighted by atomic mass is 16.5. The van der Waals surface area contributed by atoms with Gasteiger partial charge in [-0.15, -0.1) is 0 Å². The zero-order valence-corrected chi connectivity index (χ0v) is 15.0. The molecule has 3 rings (SSSR count). The molecule has 138 valence electrons. The molecule has 1 heterocycles. The first-order chi connectivity index (χ1) is 13.1. The topological polar surface area (TPSA) is 114 Å². The largest absolute Gasteiger partial charge is 0.497 e. The summed E-state index contributed by atoms with van der Waals surface area (Å²) in [7, 11) is 1.57. The van der Waals surface area contributed by atoms with Crippen LogP contribution in [0.25, 0.3) is 0 Å². The second-order valence-corrected chi connectivity index (χ2v) is 5.73. The number of carbonyl (C=O) groups is 1. The maximum Gasteiger partial charge on any atom is 0.269 e. The van der Waals surface area contributed by atoms with Crippen LogP contribution in [0, 0.1) is 6.92 Å². The first-order valence-electron chi connectivity index (χ1n) is 8.22. The van der Waals surface area contributed by atoms with Crippen LogP contribution in [0.4, 0.5) is 23.0 Å². The van der Waals surface area contributed by atoms with Gasteiger partial charge in [-0.2, -0.15) is 0 Å². The highest BCUT2D eigenvalue weighted by Gasteiger charge is 2.11. The van der Waals surface area contributed by atoms with Gasteiger partial charge in [0.2, 0.25) is 0 Å². The molecule has 0 fully saturated rings. The number of hydrogen-bond donors (Lipinski definition) is 4. The number of nitrogens with two attached hydrogens (primary N) is 1. The predicted molar refractivity (Wildman–Crippen MR) is 105 cm³/mol. The van der Waals surface area contributed by atoms with Crippen LogP contribution in [-0.4, -0.2) is 23.0 Å². The Bertz CT molecular complexity index is 943. The minimum Gasteiger partial charge on any atom is -0.497 e. The van der Waals surface area contributed by atoms with E-state index >= 15 is 0 Å². The number of nitrogens with one attached hydrogen (secondary N) is 3. The van der Waals surface area contributed by atoms with E-state index in [9.17, 15) is 4.79 Å². The van der Waals surface area contributed by atoms with Gasteiger partial charge in [0.05, 0.1) is 7.11 Å². The molecule has 0 aliphatic heterocycles. The number of aromatic nitrogens is 2. The smallest absolute Gasteiger partial charge is 0.269 e. The zero-order valence-electron chi connectivity index (χ0n) is 15.0. The predicted octanol–water partition coefficient (Wildman–Crippen LogP) is 2.88. The van der Waals surface area contributed by atoms with Gasteiger partial charge >= 0.3 is 0 Å². The van der Waals surface area contributed by atoms with Crippen molar-refractivity contribution in [3.05, 3.63) is 66.0 Å². The van der Waals surface area contributed by atoms with E-state index in [0.29, 0.717) is 22.9 Å². The molecule has 1 aromatic heterocycles. The fourth-order valence-electron chi connectivity index (χ4n) is 2.37. The molecule has 0 spiro atoms. The molecule has 5 N–H and O–H groups in total. The summed E-state index contributed by atoms with van der Waals surface area (Å²) in [6.45, 7) is 1.98. The third-order valence-corrected chi connectivity index (χ3v) is 3.93. The lowest BCUT2D eigenvalue weighted by atomic mass is 10.2. The fraction of sp³-hybridized carbons (Fsp3) is 0.105. The number of anilines is 4. The van der Waals surface area contributed by atoms with Gasteiger partial charge in [0.15, 0.2) is 11.6 Å². The van der Waals surface area contributed by atoms with Gasteiger partial charge in [0.1, 0.15) is 17.8 Å². The number of nitrogen functional groups attached to an aromatic ring is 1. The maximum atomic E-state index is 12.2. The molecule has 27 heavy (non-hydrogen) atoms. The van der Waals surface area contributed by atoms with Crippen molar-refractivity contribution in [2.75, 3.05) is 23.6 Å². The number of methoxy groups -OCH3 is 1. The molecule has 8 heteroatoms. The van der Waals surface area contributed by atoms with E-state index in [2.05, 4.69) is 26.1 Å². The Morgan fingerprint density at radius 2 is 1.74 bits per heavy atom. The lowest BCUT2D eigenvalue weighted by molar-refractivity contribution is 0.0962. The van der Waals surface area contributed by atoms with E-state index in [4.69, 9.17) is 10.5 Å². The Balaban J connectivity index is 1.70. The quantitative estimate of drug-likeness (QED) is 0.497. The van der Waals surface area contributed by atoms with Crippen LogP contribution < -0.4 is 26.6 Å². The normalized spacial score (nSPS) is 10.1. The van der Waals surface area contributed by atoms with Crippen LogP contribution in [0.5, 0.6) is 5.75 Å². The van der Waals surface area contributed by atoms with Crippen molar-refractivity contribution in [3.63, 3.8) is 0 Å². The molecule has 0 aliphatic rings. The maximum absolute atomic E-state index is 12.2. The molecule has 0 aliphatic carbocycles. The average Bonchev–Trinajstić information content (AvgIpc) is 2.70. The Kier molecular flexibility index (Phi) is 5.36. The van der Waals surface area contributed by atoms with Crippen LogP contribution in [-0.2, 0) is 0 Å². The SMILES string of the molecule is COc1ccc(C(=O)NNc2ncnc(Nc3ccccc3C)c2N)cc1. The van der Waals surface area contributed by atoms with E-state index in [1.165, 1.54) is 6.33 Å². The Morgan fingerprint density at radius 1 is 1.04 bits per heavy atom. The Hall–Kier alpha value is -3.81. The number of carbonyl (C=O) groups excluding carboxylic acids is 1. The second kappa shape index (κ2) is 8.05. The monoisotopic (exact) mass is 364 g/mol. The summed E-state index contributed by atoms with van der Waals surface area (Å²) in [5.74, 6) is 1.08. The molecule has 8 nitrogen and oxygen atoms in total. The fourth-order valence-corrected chi connectivity index (χ4v) is 2.37. The van der Waals surface area contributed by atoms with Crippen molar-refractivity contribution in [1.82, 2.24) is 15.4 Å². The van der Waals surface area contributed by atoms with Crippen molar-refractivity contribution < 1.29 is 9.53 Å². The summed E-state index contributed by atoms with van der Waals surface area (Å²) < 4.78 is 5.08. The standard InChI is InChI=1S/C19H20N6O2/c1-12-5-3-4-6-15(12)23-17-16(20)18(22-11-21-17)24-25-19(26)13-7-9-14(27-2)10-8-13/h3-11H,20H2,1-2H3,(H,25,26)(H2,21,22,23,24). The van der Waals surface area contributed by atoms with Gasteiger partial charge in [0, 0.05) is 11.3 Å². The molecule has 0 unspecified atom stereocenters. The summed E-state index contributed by atoms with van der Waals surface area (Å²) in [5, 5.41) is 3.17. The number of nitrogens with zero attached hydrogens (tertiary/aromatic N) is 2. The van der Waals surface area contributed by atoms with Gasteiger partial charge in [0.25, 0.3) is 5.91 Å². The Morgan fingerprint density at radius 3 is 2.44 bits per heavy atom. The first kappa shape index (κ1) is 18.0. The highest BCUT2D eigenvalue weighted by molar-refractivity contribution is 5.95. The summed E-state index contributed by atoms with van der Waals surface area (Å²) in [6, 6.07) is 14.5. The third-order valence-electron chi connectivity index (χ3n) is 3.93. The molecule has 3 aromatic rings. The number of hydrazine groups is 1. The number of hydrogen-bond acceptors (Lipinski definition) is 7. The minimum absolute atomic E-state index is 0.288. The molecule has 0 atom stereocenters.